The Morgan fingerprint density at radius 1 is 0.291 bits per heavy atom. The largest absolute Gasteiger partial charge is 0.289 e. The first-order valence-electron chi connectivity index (χ1n) is 35.7. The van der Waals surface area contributed by atoms with Gasteiger partial charge in [0, 0.05) is 79.4 Å². The Balaban J connectivity index is 1.16. The van der Waals surface area contributed by atoms with Crippen LogP contribution in [0.5, 0.6) is 0 Å². The van der Waals surface area contributed by atoms with Gasteiger partial charge in [0.2, 0.25) is 0 Å². The molecule has 0 bridgehead atoms. The van der Waals surface area contributed by atoms with Crippen LogP contribution < -0.4 is 10.9 Å². The van der Waals surface area contributed by atoms with Gasteiger partial charge in [0.25, 0.3) is 0 Å². The SMILES string of the molecule is CCCCCCCCCCCCC(CCCCCCCCCC)Cc1c(-c2cc3sc(-c4ccc(-c5ccc(C)s5)s4)cc3s2)c(=O)c2c(CC(CCCCCCCCCC)CCCCCCCCCCCC)c(-c3cc4sc(C)cc4s3)c(=O)c1=2. The Morgan fingerprint density at radius 3 is 0.930 bits per heavy atom. The zero-order chi connectivity index (χ0) is 60.3. The lowest BCUT2D eigenvalue weighted by Gasteiger charge is -2.18. The average molecular weight is 1270 g/mol. The van der Waals surface area contributed by atoms with Gasteiger partial charge in [-0.3, -0.25) is 9.59 Å². The Morgan fingerprint density at radius 2 is 0.581 bits per heavy atom. The van der Waals surface area contributed by atoms with Crippen LogP contribution in [0.3, 0.4) is 0 Å². The first-order chi connectivity index (χ1) is 42.2. The van der Waals surface area contributed by atoms with Crippen LogP contribution in [0, 0.1) is 36.1 Å². The highest BCUT2D eigenvalue weighted by molar-refractivity contribution is 7.33. The molecule has 6 aromatic heterocycles. The molecule has 0 aliphatic heterocycles. The van der Waals surface area contributed by atoms with Crippen molar-refractivity contribution in [3.05, 3.63) is 100 Å². The number of hydrogen-bond donors (Lipinski definition) is 0. The van der Waals surface area contributed by atoms with Gasteiger partial charge in [-0.05, 0) is 98.2 Å². The standard InChI is InChI=1S/C78H112O2S6/c1-7-11-15-19-23-27-29-33-37-41-45-59(43-39-35-31-25-21-17-13-9-3)52-61-73(71-55-68-66(85-71)51-58(6)82-68)77(79)76-62(53-60(44-40-36-32-26-22-18-14-10-4)46-42-38-34-30-28-24-20-16-12-8-2)74(78(80)75(61)76)72-56-70-69(86-72)54-67(84-70)65-50-49-64(83-65)63-48-47-57(5)81-63/h47-51,54-56,59-60H,7-46,52-53H2,1-6H3. The molecule has 472 valence electrons. The van der Waals surface area contributed by atoms with E-state index in [4.69, 9.17) is 0 Å². The van der Waals surface area contributed by atoms with Gasteiger partial charge in [-0.1, -0.05) is 285 Å². The maximum Gasteiger partial charge on any atom is 0.195 e. The normalized spacial score (nSPS) is 12.9. The topological polar surface area (TPSA) is 34.1 Å². The van der Waals surface area contributed by atoms with E-state index < -0.39 is 0 Å². The summed E-state index contributed by atoms with van der Waals surface area (Å²) in [6, 6.07) is 18.5. The fraction of sp³-hybridized carbons (Fsp3) is 0.641. The van der Waals surface area contributed by atoms with Gasteiger partial charge in [-0.15, -0.1) is 68.0 Å². The third-order valence-electron chi connectivity index (χ3n) is 19.1. The summed E-state index contributed by atoms with van der Waals surface area (Å²) in [6.45, 7) is 13.7. The number of hydrogen-bond acceptors (Lipinski definition) is 8. The molecule has 0 radical (unpaired) electrons. The highest BCUT2D eigenvalue weighted by atomic mass is 32.1. The summed E-state index contributed by atoms with van der Waals surface area (Å²) in [5.74, 6) is 0.901. The highest BCUT2D eigenvalue weighted by Crippen LogP contribution is 2.47. The Labute approximate surface area is 546 Å². The summed E-state index contributed by atoms with van der Waals surface area (Å²) in [7, 11) is 0. The van der Waals surface area contributed by atoms with E-state index in [1.165, 1.54) is 305 Å². The van der Waals surface area contributed by atoms with Crippen LogP contribution in [0.15, 0.2) is 58.1 Å². The summed E-state index contributed by atoms with van der Waals surface area (Å²) in [5.41, 5.74) is 4.28. The van der Waals surface area contributed by atoms with Crippen molar-refractivity contribution in [3.63, 3.8) is 0 Å². The second kappa shape index (κ2) is 38.2. The summed E-state index contributed by atoms with van der Waals surface area (Å²) in [5, 5.41) is 1.62. The molecule has 0 saturated carbocycles. The fourth-order valence-corrected chi connectivity index (χ4v) is 21.0. The van der Waals surface area contributed by atoms with Crippen molar-refractivity contribution in [1.29, 1.82) is 0 Å². The molecular weight excluding hydrogens is 1160 g/mol. The smallest absolute Gasteiger partial charge is 0.195 e. The molecule has 86 heavy (non-hydrogen) atoms. The molecule has 2 aliphatic carbocycles. The molecule has 0 saturated heterocycles. The van der Waals surface area contributed by atoms with Crippen molar-refractivity contribution >= 4 is 86.8 Å². The van der Waals surface area contributed by atoms with Crippen molar-refractivity contribution in [1.82, 2.24) is 0 Å². The molecule has 0 fully saturated rings. The second-order valence-electron chi connectivity index (χ2n) is 26.4. The first kappa shape index (κ1) is 69.2. The van der Waals surface area contributed by atoms with E-state index in [9.17, 15) is 0 Å². The van der Waals surface area contributed by atoms with Gasteiger partial charge >= 0.3 is 0 Å². The molecule has 8 rings (SSSR count). The van der Waals surface area contributed by atoms with Crippen molar-refractivity contribution in [2.75, 3.05) is 0 Å². The molecule has 0 spiro atoms. The zero-order valence-corrected chi connectivity index (χ0v) is 59.6. The lowest BCUT2D eigenvalue weighted by atomic mass is 9.87. The van der Waals surface area contributed by atoms with Crippen LogP contribution in [0.4, 0.5) is 0 Å². The molecule has 6 heterocycles. The Bertz CT molecular complexity index is 3240. The van der Waals surface area contributed by atoms with Gasteiger partial charge in [0.05, 0.1) is 0 Å². The minimum atomic E-state index is 0.153. The first-order valence-corrected chi connectivity index (χ1v) is 40.6. The summed E-state index contributed by atoms with van der Waals surface area (Å²) in [6.07, 6.45) is 54.3. The van der Waals surface area contributed by atoms with Crippen molar-refractivity contribution in [2.24, 2.45) is 11.8 Å². The predicted octanol–water partition coefficient (Wildman–Crippen LogP) is 28.0. The number of rotatable bonds is 48. The summed E-state index contributed by atoms with van der Waals surface area (Å²) in [4.78, 5) is 42.6. The van der Waals surface area contributed by atoms with Gasteiger partial charge in [-0.25, -0.2) is 0 Å². The monoisotopic (exact) mass is 1270 g/mol. The molecule has 6 aromatic rings. The molecule has 2 aliphatic rings. The molecule has 0 aromatic carbocycles. The third-order valence-corrected chi connectivity index (χ3v) is 26.1. The number of fused-ring (bicyclic) bond motifs is 2. The second-order valence-corrected chi connectivity index (χ2v) is 33.4. The predicted molar refractivity (Wildman–Crippen MR) is 392 cm³/mol. The average Bonchev–Trinajstić information content (AvgIpc) is 1.59. The van der Waals surface area contributed by atoms with Crippen LogP contribution in [0.25, 0.3) is 59.2 Å². The maximum absolute atomic E-state index is 16.3. The quantitative estimate of drug-likeness (QED) is 0.0356. The van der Waals surface area contributed by atoms with E-state index in [0.29, 0.717) is 11.8 Å². The van der Waals surface area contributed by atoms with Crippen molar-refractivity contribution in [2.45, 2.75) is 311 Å². The Kier molecular flexibility index (Phi) is 30.7. The van der Waals surface area contributed by atoms with Crippen molar-refractivity contribution in [3.8, 4) is 40.4 Å². The van der Waals surface area contributed by atoms with Crippen LogP contribution in [0.2, 0.25) is 0 Å². The maximum atomic E-state index is 16.3. The Hall–Kier alpha value is -2.72. The molecule has 2 nitrogen and oxygen atoms in total. The van der Waals surface area contributed by atoms with E-state index >= 15 is 9.59 Å². The van der Waals surface area contributed by atoms with Crippen LogP contribution in [-0.2, 0) is 12.8 Å². The van der Waals surface area contributed by atoms with E-state index in [2.05, 4.69) is 90.1 Å². The minimum Gasteiger partial charge on any atom is -0.289 e. The van der Waals surface area contributed by atoms with E-state index in [1.807, 2.05) is 56.7 Å². The lowest BCUT2D eigenvalue weighted by molar-refractivity contribution is 0.399. The summed E-state index contributed by atoms with van der Waals surface area (Å²) >= 11 is 11.1. The zero-order valence-electron chi connectivity index (χ0n) is 54.7. The number of aryl methyl sites for hydroxylation is 2. The molecular formula is C78H112O2S6. The molecule has 0 amide bonds. The lowest BCUT2D eigenvalue weighted by Crippen LogP contribution is -2.13. The van der Waals surface area contributed by atoms with Gasteiger partial charge in [-0.2, -0.15) is 0 Å². The van der Waals surface area contributed by atoms with E-state index in [1.54, 1.807) is 11.3 Å². The summed E-state index contributed by atoms with van der Waals surface area (Å²) < 4.78 is 5.07. The van der Waals surface area contributed by atoms with E-state index in [0.717, 1.165) is 55.3 Å². The number of thiophene rings is 6. The van der Waals surface area contributed by atoms with Gasteiger partial charge in [0.15, 0.2) is 10.9 Å². The van der Waals surface area contributed by atoms with Crippen LogP contribution in [-0.4, -0.2) is 0 Å². The van der Waals surface area contributed by atoms with Gasteiger partial charge in [0.1, 0.15) is 0 Å². The van der Waals surface area contributed by atoms with Crippen LogP contribution in [0.1, 0.15) is 305 Å². The third kappa shape index (κ3) is 20.6. The number of unbranched alkanes of at least 4 members (excludes halogenated alkanes) is 32. The molecule has 2 unspecified atom stereocenters. The van der Waals surface area contributed by atoms with Crippen molar-refractivity contribution < 1.29 is 0 Å². The minimum absolute atomic E-state index is 0.153. The van der Waals surface area contributed by atoms with Gasteiger partial charge < -0.3 is 0 Å². The van der Waals surface area contributed by atoms with E-state index in [-0.39, 0.29) is 10.9 Å². The van der Waals surface area contributed by atoms with Crippen LogP contribution >= 0.6 is 68.0 Å². The highest BCUT2D eigenvalue weighted by Gasteiger charge is 2.31. The molecule has 8 heteroatoms. The molecule has 0 N–H and O–H groups in total. The fourth-order valence-electron chi connectivity index (χ4n) is 14.1. The molecule has 2 atom stereocenters.